The Hall–Kier alpha value is -1.49. The first-order valence-electron chi connectivity index (χ1n) is 9.25. The minimum absolute atomic E-state index is 0.0197. The van der Waals surface area contributed by atoms with E-state index >= 15 is 0 Å². The van der Waals surface area contributed by atoms with Crippen molar-refractivity contribution in [2.45, 2.75) is 58.4 Å². The highest BCUT2D eigenvalue weighted by Gasteiger charge is 2.43. The summed E-state index contributed by atoms with van der Waals surface area (Å²) >= 11 is 1.71. The van der Waals surface area contributed by atoms with Crippen LogP contribution in [0.2, 0.25) is 0 Å². The zero-order chi connectivity index (χ0) is 18.4. The standard InChI is InChI=1S/C20H30N2O2S/c1-5-6-9-12-21-18(23)17-13-25-20(14(2)3)22(17)19(24)16-11-8-7-10-15(16)4/h7-8,10-11,14,17,20H,5-6,9,12-13H2,1-4H3,(H,21,23)/t17-,20+/m0/s1. The van der Waals surface area contributed by atoms with Crippen LogP contribution in [0.3, 0.4) is 0 Å². The SMILES string of the molecule is CCCCCNC(=O)[C@@H]1CS[C@H](C(C)C)N1C(=O)c1ccccc1C. The van der Waals surface area contributed by atoms with Crippen molar-refractivity contribution in [3.8, 4) is 0 Å². The minimum Gasteiger partial charge on any atom is -0.354 e. The Kier molecular flexibility index (Phi) is 7.36. The molecular formula is C20H30N2O2S. The molecule has 2 rings (SSSR count). The van der Waals surface area contributed by atoms with Gasteiger partial charge < -0.3 is 10.2 Å². The van der Waals surface area contributed by atoms with Crippen molar-refractivity contribution in [3.05, 3.63) is 35.4 Å². The van der Waals surface area contributed by atoms with Crippen LogP contribution in [0, 0.1) is 12.8 Å². The third-order valence-electron chi connectivity index (χ3n) is 4.60. The molecule has 1 N–H and O–H groups in total. The normalized spacial score (nSPS) is 20.1. The van der Waals surface area contributed by atoms with Crippen molar-refractivity contribution >= 4 is 23.6 Å². The van der Waals surface area contributed by atoms with E-state index in [0.29, 0.717) is 23.8 Å². The lowest BCUT2D eigenvalue weighted by molar-refractivity contribution is -0.124. The molecule has 138 valence electrons. The first kappa shape index (κ1) is 19.8. The number of thioether (sulfide) groups is 1. The lowest BCUT2D eigenvalue weighted by Gasteiger charge is -2.31. The summed E-state index contributed by atoms with van der Waals surface area (Å²) in [6, 6.07) is 7.23. The van der Waals surface area contributed by atoms with E-state index in [2.05, 4.69) is 26.1 Å². The van der Waals surface area contributed by atoms with Gasteiger partial charge in [-0.25, -0.2) is 0 Å². The molecule has 0 unspecified atom stereocenters. The van der Waals surface area contributed by atoms with Crippen LogP contribution >= 0.6 is 11.8 Å². The van der Waals surface area contributed by atoms with Gasteiger partial charge in [0, 0.05) is 17.9 Å². The van der Waals surface area contributed by atoms with E-state index in [9.17, 15) is 9.59 Å². The number of unbranched alkanes of at least 4 members (excludes halogenated alkanes) is 2. The molecule has 1 aliphatic rings. The number of hydrogen-bond acceptors (Lipinski definition) is 3. The van der Waals surface area contributed by atoms with Gasteiger partial charge in [-0.2, -0.15) is 0 Å². The van der Waals surface area contributed by atoms with Crippen LogP contribution in [0.5, 0.6) is 0 Å². The number of rotatable bonds is 7. The second kappa shape index (κ2) is 9.27. The van der Waals surface area contributed by atoms with Crippen LogP contribution in [0.1, 0.15) is 56.0 Å². The number of nitrogens with one attached hydrogen (secondary N) is 1. The van der Waals surface area contributed by atoms with E-state index in [4.69, 9.17) is 0 Å². The van der Waals surface area contributed by atoms with Crippen molar-refractivity contribution < 1.29 is 9.59 Å². The fraction of sp³-hybridized carbons (Fsp3) is 0.600. The number of aryl methyl sites for hydroxylation is 1. The predicted octanol–water partition coefficient (Wildman–Crippen LogP) is 3.84. The molecule has 1 fully saturated rings. The summed E-state index contributed by atoms with van der Waals surface area (Å²) < 4.78 is 0. The zero-order valence-electron chi connectivity index (χ0n) is 15.7. The summed E-state index contributed by atoms with van der Waals surface area (Å²) in [4.78, 5) is 27.7. The van der Waals surface area contributed by atoms with Gasteiger partial charge in [-0.05, 0) is 30.9 Å². The fourth-order valence-electron chi connectivity index (χ4n) is 3.16. The second-order valence-corrected chi connectivity index (χ2v) is 8.16. The van der Waals surface area contributed by atoms with Gasteiger partial charge in [-0.3, -0.25) is 9.59 Å². The molecule has 0 aliphatic carbocycles. The summed E-state index contributed by atoms with van der Waals surface area (Å²) in [5, 5.41) is 3.06. The average molecular weight is 363 g/mol. The topological polar surface area (TPSA) is 49.4 Å². The molecule has 0 bridgehead atoms. The Bertz CT molecular complexity index is 603. The Morgan fingerprint density at radius 1 is 1.28 bits per heavy atom. The van der Waals surface area contributed by atoms with Gasteiger partial charge in [-0.15, -0.1) is 11.8 Å². The van der Waals surface area contributed by atoms with E-state index < -0.39 is 0 Å². The maximum atomic E-state index is 13.2. The van der Waals surface area contributed by atoms with E-state index in [1.54, 1.807) is 11.8 Å². The van der Waals surface area contributed by atoms with Gasteiger partial charge in [0.2, 0.25) is 5.91 Å². The largest absolute Gasteiger partial charge is 0.354 e. The number of carbonyl (C=O) groups is 2. The number of benzene rings is 1. The quantitative estimate of drug-likeness (QED) is 0.750. The second-order valence-electron chi connectivity index (χ2n) is 7.01. The Morgan fingerprint density at radius 2 is 2.00 bits per heavy atom. The van der Waals surface area contributed by atoms with Gasteiger partial charge >= 0.3 is 0 Å². The molecule has 0 radical (unpaired) electrons. The molecule has 0 saturated carbocycles. The molecule has 1 aromatic carbocycles. The summed E-state index contributed by atoms with van der Waals surface area (Å²) in [5.74, 6) is 0.917. The maximum absolute atomic E-state index is 13.2. The molecule has 1 heterocycles. The molecule has 2 amide bonds. The van der Waals surface area contributed by atoms with Gasteiger partial charge in [0.25, 0.3) is 5.91 Å². The van der Waals surface area contributed by atoms with Crippen molar-refractivity contribution in [2.75, 3.05) is 12.3 Å². The molecule has 5 heteroatoms. The van der Waals surface area contributed by atoms with Crippen LogP contribution in [0.15, 0.2) is 24.3 Å². The van der Waals surface area contributed by atoms with Crippen LogP contribution < -0.4 is 5.32 Å². The third kappa shape index (κ3) is 4.78. The van der Waals surface area contributed by atoms with Crippen LogP contribution in [-0.2, 0) is 4.79 Å². The molecule has 0 aromatic heterocycles. The highest BCUT2D eigenvalue weighted by atomic mass is 32.2. The maximum Gasteiger partial charge on any atom is 0.255 e. The van der Waals surface area contributed by atoms with E-state index in [0.717, 1.165) is 24.8 Å². The third-order valence-corrected chi connectivity index (χ3v) is 6.22. The summed E-state index contributed by atoms with van der Waals surface area (Å²) in [5.41, 5.74) is 1.65. The highest BCUT2D eigenvalue weighted by molar-refractivity contribution is 8.00. The monoisotopic (exact) mass is 362 g/mol. The molecule has 25 heavy (non-hydrogen) atoms. The summed E-state index contributed by atoms with van der Waals surface area (Å²) in [6.45, 7) is 8.99. The van der Waals surface area contributed by atoms with Crippen LogP contribution in [-0.4, -0.2) is 40.4 Å². The van der Waals surface area contributed by atoms with E-state index in [1.807, 2.05) is 36.1 Å². The molecular weight excluding hydrogens is 332 g/mol. The first-order chi connectivity index (χ1) is 12.0. The van der Waals surface area contributed by atoms with Gasteiger partial charge in [0.1, 0.15) is 6.04 Å². The number of nitrogens with zero attached hydrogens (tertiary/aromatic N) is 1. The molecule has 0 spiro atoms. The van der Waals surface area contributed by atoms with Crippen molar-refractivity contribution in [1.82, 2.24) is 10.2 Å². The smallest absolute Gasteiger partial charge is 0.255 e. The Balaban J connectivity index is 2.17. The summed E-state index contributed by atoms with van der Waals surface area (Å²) in [6.07, 6.45) is 3.23. The van der Waals surface area contributed by atoms with Gasteiger partial charge in [-0.1, -0.05) is 51.8 Å². The molecule has 1 aliphatic heterocycles. The van der Waals surface area contributed by atoms with Crippen molar-refractivity contribution in [2.24, 2.45) is 5.92 Å². The molecule has 1 aromatic rings. The lowest BCUT2D eigenvalue weighted by atomic mass is 10.0. The first-order valence-corrected chi connectivity index (χ1v) is 10.3. The lowest BCUT2D eigenvalue weighted by Crippen LogP contribution is -2.51. The van der Waals surface area contributed by atoms with Crippen LogP contribution in [0.4, 0.5) is 0 Å². The van der Waals surface area contributed by atoms with Crippen molar-refractivity contribution in [3.63, 3.8) is 0 Å². The number of hydrogen-bond donors (Lipinski definition) is 1. The number of carbonyl (C=O) groups excluding carboxylic acids is 2. The molecule has 1 saturated heterocycles. The van der Waals surface area contributed by atoms with Gasteiger partial charge in [0.05, 0.1) is 5.37 Å². The summed E-state index contributed by atoms with van der Waals surface area (Å²) in [7, 11) is 0. The minimum atomic E-state index is -0.383. The van der Waals surface area contributed by atoms with Crippen molar-refractivity contribution in [1.29, 1.82) is 0 Å². The van der Waals surface area contributed by atoms with Crippen LogP contribution in [0.25, 0.3) is 0 Å². The number of amides is 2. The fourth-order valence-corrected chi connectivity index (χ4v) is 4.64. The Labute approximate surface area is 155 Å². The predicted molar refractivity (Wildman–Crippen MR) is 105 cm³/mol. The average Bonchev–Trinajstić information content (AvgIpc) is 3.04. The molecule has 2 atom stereocenters. The van der Waals surface area contributed by atoms with E-state index in [-0.39, 0.29) is 23.2 Å². The Morgan fingerprint density at radius 3 is 2.64 bits per heavy atom. The zero-order valence-corrected chi connectivity index (χ0v) is 16.6. The van der Waals surface area contributed by atoms with Gasteiger partial charge in [0.15, 0.2) is 0 Å². The van der Waals surface area contributed by atoms with E-state index in [1.165, 1.54) is 0 Å². The molecule has 4 nitrogen and oxygen atoms in total. The highest BCUT2D eigenvalue weighted by Crippen LogP contribution is 2.35.